The van der Waals surface area contributed by atoms with Crippen molar-refractivity contribution in [2.24, 2.45) is 0 Å². The average molecular weight is 285 g/mol. The van der Waals surface area contributed by atoms with E-state index in [0.717, 1.165) is 0 Å². The molecule has 5 nitrogen and oxygen atoms in total. The van der Waals surface area contributed by atoms with Crippen LogP contribution in [-0.4, -0.2) is 26.2 Å². The number of nitrogens with one attached hydrogen (secondary N) is 1. The van der Waals surface area contributed by atoms with Gasteiger partial charge in [-0.25, -0.2) is 13.2 Å². The van der Waals surface area contributed by atoms with E-state index in [-0.39, 0.29) is 0 Å². The third-order valence-electron chi connectivity index (χ3n) is 2.65. The molecule has 1 N–H and O–H groups in total. The Morgan fingerprint density at radius 3 is 2.16 bits per heavy atom. The van der Waals surface area contributed by atoms with Crippen LogP contribution in [0.1, 0.15) is 32.4 Å². The smallest absolute Gasteiger partial charge is 0.328 e. The van der Waals surface area contributed by atoms with Gasteiger partial charge < -0.3 is 4.74 Å². The van der Waals surface area contributed by atoms with Gasteiger partial charge in [0.15, 0.2) is 0 Å². The lowest BCUT2D eigenvalue weighted by Gasteiger charge is -2.24. The summed E-state index contributed by atoms with van der Waals surface area (Å²) in [7, 11) is -2.43. The summed E-state index contributed by atoms with van der Waals surface area (Å²) in [5.41, 5.74) is 0.544. The number of hydrogen-bond donors (Lipinski definition) is 1. The number of carbonyl (C=O) groups excluding carboxylic acids is 1. The zero-order chi connectivity index (χ0) is 14.7. The lowest BCUT2D eigenvalue weighted by molar-refractivity contribution is -0.142. The second-order valence-corrected chi connectivity index (χ2v) is 7.57. The first kappa shape index (κ1) is 15.7. The Balaban J connectivity index is 3.12. The van der Waals surface area contributed by atoms with E-state index < -0.39 is 26.8 Å². The van der Waals surface area contributed by atoms with Crippen molar-refractivity contribution in [3.8, 4) is 0 Å². The summed E-state index contributed by atoms with van der Waals surface area (Å²) >= 11 is 0. The van der Waals surface area contributed by atoms with Gasteiger partial charge in [0.05, 0.1) is 11.9 Å². The van der Waals surface area contributed by atoms with Crippen LogP contribution in [0.2, 0.25) is 0 Å². The van der Waals surface area contributed by atoms with Gasteiger partial charge in [0, 0.05) is 0 Å². The van der Waals surface area contributed by atoms with Gasteiger partial charge >= 0.3 is 5.97 Å². The Labute approximate surface area is 114 Å². The molecule has 0 aromatic heterocycles. The molecule has 0 saturated heterocycles. The Morgan fingerprint density at radius 2 is 1.74 bits per heavy atom. The van der Waals surface area contributed by atoms with E-state index in [4.69, 9.17) is 0 Å². The van der Waals surface area contributed by atoms with Crippen LogP contribution in [0.4, 0.5) is 0 Å². The van der Waals surface area contributed by atoms with Gasteiger partial charge in [0.2, 0.25) is 10.0 Å². The van der Waals surface area contributed by atoms with Crippen molar-refractivity contribution < 1.29 is 17.9 Å². The number of ether oxygens (including phenoxy) is 1. The molecule has 0 unspecified atom stereocenters. The predicted octanol–water partition coefficient (Wildman–Crippen LogP) is 1.62. The summed E-state index contributed by atoms with van der Waals surface area (Å²) in [6.07, 6.45) is 0. The molecule has 0 saturated carbocycles. The number of sulfonamides is 1. The molecule has 1 rings (SSSR count). The number of hydrogen-bond acceptors (Lipinski definition) is 4. The van der Waals surface area contributed by atoms with Crippen LogP contribution in [0.5, 0.6) is 0 Å². The summed E-state index contributed by atoms with van der Waals surface area (Å²) in [6.45, 7) is 4.69. The highest BCUT2D eigenvalue weighted by Crippen LogP contribution is 2.20. The van der Waals surface area contributed by atoms with E-state index >= 15 is 0 Å². The second kappa shape index (κ2) is 5.71. The molecule has 0 aliphatic rings. The first-order chi connectivity index (χ1) is 8.69. The molecule has 0 heterocycles. The summed E-state index contributed by atoms with van der Waals surface area (Å²) in [5.74, 6) is -0.640. The molecule has 1 aromatic carbocycles. The van der Waals surface area contributed by atoms with Crippen molar-refractivity contribution in [3.05, 3.63) is 35.9 Å². The van der Waals surface area contributed by atoms with Crippen LogP contribution < -0.4 is 4.72 Å². The fourth-order valence-corrected chi connectivity index (χ4v) is 2.24. The minimum atomic E-state index is -3.65. The maximum Gasteiger partial charge on any atom is 0.328 e. The van der Waals surface area contributed by atoms with E-state index in [2.05, 4.69) is 9.46 Å². The van der Waals surface area contributed by atoms with Crippen molar-refractivity contribution in [3.63, 3.8) is 0 Å². The minimum absolute atomic E-state index is 0.544. The van der Waals surface area contributed by atoms with Crippen LogP contribution in [0.3, 0.4) is 0 Å². The topological polar surface area (TPSA) is 72.5 Å². The molecule has 0 radical (unpaired) electrons. The van der Waals surface area contributed by atoms with Gasteiger partial charge in [-0.15, -0.1) is 0 Å². The molecule has 1 atom stereocenters. The van der Waals surface area contributed by atoms with Gasteiger partial charge in [0.1, 0.15) is 6.04 Å². The Bertz CT molecular complexity index is 532. The third-order valence-corrected chi connectivity index (χ3v) is 4.81. The molecule has 0 aliphatic heterocycles. The maximum atomic E-state index is 12.1. The van der Waals surface area contributed by atoms with Crippen LogP contribution >= 0.6 is 0 Å². The first-order valence-electron chi connectivity index (χ1n) is 5.83. The van der Waals surface area contributed by atoms with Crippen LogP contribution in [0, 0.1) is 0 Å². The van der Waals surface area contributed by atoms with E-state index in [1.54, 1.807) is 51.1 Å². The lowest BCUT2D eigenvalue weighted by atomic mass is 10.1. The zero-order valence-corrected chi connectivity index (χ0v) is 12.3. The van der Waals surface area contributed by atoms with Crippen molar-refractivity contribution in [1.29, 1.82) is 0 Å². The van der Waals surface area contributed by atoms with Crippen LogP contribution in [0.25, 0.3) is 0 Å². The molecule has 0 aliphatic carbocycles. The SMILES string of the molecule is COC(=O)[C@@H](NS(=O)(=O)C(C)(C)C)c1ccccc1. The van der Waals surface area contributed by atoms with Gasteiger partial charge in [-0.3, -0.25) is 0 Å². The summed E-state index contributed by atoms with van der Waals surface area (Å²) in [5, 5.41) is 0. The number of carbonyl (C=O) groups is 1. The lowest BCUT2D eigenvalue weighted by Crippen LogP contribution is -2.43. The van der Waals surface area contributed by atoms with Crippen molar-refractivity contribution in [2.75, 3.05) is 7.11 Å². The van der Waals surface area contributed by atoms with Gasteiger partial charge in [-0.1, -0.05) is 30.3 Å². The molecule has 106 valence electrons. The van der Waals surface area contributed by atoms with E-state index in [1.165, 1.54) is 7.11 Å². The van der Waals surface area contributed by atoms with Crippen molar-refractivity contribution in [2.45, 2.75) is 31.6 Å². The van der Waals surface area contributed by atoms with E-state index in [9.17, 15) is 13.2 Å². The Hall–Kier alpha value is -1.40. The molecular formula is C13H19NO4S. The van der Waals surface area contributed by atoms with E-state index in [1.807, 2.05) is 0 Å². The molecule has 6 heteroatoms. The third kappa shape index (κ3) is 3.78. The van der Waals surface area contributed by atoms with Gasteiger partial charge in [0.25, 0.3) is 0 Å². The fourth-order valence-electron chi connectivity index (χ4n) is 1.35. The normalized spacial score (nSPS) is 13.9. The van der Waals surface area contributed by atoms with Crippen LogP contribution in [0.15, 0.2) is 30.3 Å². The molecule has 0 bridgehead atoms. The highest BCUT2D eigenvalue weighted by molar-refractivity contribution is 7.90. The number of benzene rings is 1. The molecule has 0 fully saturated rings. The first-order valence-corrected chi connectivity index (χ1v) is 7.32. The second-order valence-electron chi connectivity index (χ2n) is 5.10. The minimum Gasteiger partial charge on any atom is -0.468 e. The molecule has 0 spiro atoms. The predicted molar refractivity (Wildman–Crippen MR) is 73.0 cm³/mol. The van der Waals surface area contributed by atoms with E-state index in [0.29, 0.717) is 5.56 Å². The largest absolute Gasteiger partial charge is 0.468 e. The van der Waals surface area contributed by atoms with Crippen LogP contribution in [-0.2, 0) is 19.6 Å². The Morgan fingerprint density at radius 1 is 1.21 bits per heavy atom. The number of methoxy groups -OCH3 is 1. The highest BCUT2D eigenvalue weighted by atomic mass is 32.2. The standard InChI is InChI=1S/C13H19NO4S/c1-13(2,3)19(16,17)14-11(12(15)18-4)10-8-6-5-7-9-10/h5-9,11,14H,1-4H3/t11-/m0/s1. The molecule has 1 aromatic rings. The average Bonchev–Trinajstić information content (AvgIpc) is 2.35. The number of esters is 1. The highest BCUT2D eigenvalue weighted by Gasteiger charge is 2.34. The number of rotatable bonds is 4. The van der Waals surface area contributed by atoms with Crippen molar-refractivity contribution >= 4 is 16.0 Å². The maximum absolute atomic E-state index is 12.1. The summed E-state index contributed by atoms with van der Waals surface area (Å²) in [4.78, 5) is 11.8. The van der Waals surface area contributed by atoms with Gasteiger partial charge in [-0.2, -0.15) is 4.72 Å². The quantitative estimate of drug-likeness (QED) is 0.853. The zero-order valence-electron chi connectivity index (χ0n) is 11.5. The molecule has 19 heavy (non-hydrogen) atoms. The monoisotopic (exact) mass is 285 g/mol. The Kier molecular flexibility index (Phi) is 4.70. The fraction of sp³-hybridized carbons (Fsp3) is 0.462. The summed E-state index contributed by atoms with van der Waals surface area (Å²) in [6, 6.07) is 7.57. The van der Waals surface area contributed by atoms with Gasteiger partial charge in [-0.05, 0) is 26.3 Å². The summed E-state index contributed by atoms with van der Waals surface area (Å²) < 4.78 is 30.3. The molecule has 0 amide bonds. The van der Waals surface area contributed by atoms with Crippen molar-refractivity contribution in [1.82, 2.24) is 4.72 Å². The molecular weight excluding hydrogens is 266 g/mol.